The first-order valence-corrected chi connectivity index (χ1v) is 8.95. The van der Waals surface area contributed by atoms with Crippen molar-refractivity contribution in [3.8, 4) is 5.75 Å². The van der Waals surface area contributed by atoms with Crippen molar-refractivity contribution in [1.29, 1.82) is 0 Å². The molecule has 138 valence electrons. The first-order chi connectivity index (χ1) is 12.7. The number of aryl methyl sites for hydroxylation is 1. The molecule has 1 aromatic heterocycles. The summed E-state index contributed by atoms with van der Waals surface area (Å²) in [5.74, 6) is 1.86. The molecule has 0 spiro atoms. The fourth-order valence-corrected chi connectivity index (χ4v) is 3.48. The van der Waals surface area contributed by atoms with E-state index in [2.05, 4.69) is 10.5 Å². The zero-order valence-electron chi connectivity index (χ0n) is 14.8. The number of aromatic nitrogens is 1. The van der Waals surface area contributed by atoms with Gasteiger partial charge in [-0.15, -0.1) is 0 Å². The quantitative estimate of drug-likeness (QED) is 0.911. The lowest BCUT2D eigenvalue weighted by atomic mass is 9.98. The van der Waals surface area contributed by atoms with E-state index in [0.717, 1.165) is 22.8 Å². The van der Waals surface area contributed by atoms with E-state index in [1.165, 1.54) is 0 Å². The number of fused-ring (bicyclic) bond motifs is 1. The Kier molecular flexibility index (Phi) is 4.79. The van der Waals surface area contributed by atoms with Gasteiger partial charge in [0.25, 0.3) is 0 Å². The number of carbonyl (C=O) groups is 1. The highest BCUT2D eigenvalue weighted by Crippen LogP contribution is 2.23. The molecule has 1 saturated heterocycles. The van der Waals surface area contributed by atoms with E-state index >= 15 is 0 Å². The van der Waals surface area contributed by atoms with Crippen molar-refractivity contribution in [1.82, 2.24) is 15.4 Å². The van der Waals surface area contributed by atoms with Crippen LogP contribution in [0.2, 0.25) is 0 Å². The maximum absolute atomic E-state index is 12.8. The third-order valence-corrected chi connectivity index (χ3v) is 4.89. The molecule has 26 heavy (non-hydrogen) atoms. The molecular formula is C19H23N3O4. The summed E-state index contributed by atoms with van der Waals surface area (Å²) in [5, 5.41) is 7.05. The summed E-state index contributed by atoms with van der Waals surface area (Å²) >= 11 is 0. The van der Waals surface area contributed by atoms with Crippen LogP contribution in [0.25, 0.3) is 0 Å². The molecule has 1 aromatic carbocycles. The van der Waals surface area contributed by atoms with E-state index in [-0.39, 0.29) is 18.0 Å². The molecule has 0 radical (unpaired) electrons. The molecule has 0 bridgehead atoms. The maximum atomic E-state index is 12.8. The summed E-state index contributed by atoms with van der Waals surface area (Å²) in [6.07, 6.45) is 0.706. The number of carbonyl (C=O) groups excluding carboxylic acids is 1. The summed E-state index contributed by atoms with van der Waals surface area (Å²) in [6.45, 7) is 4.62. The number of nitrogens with zero attached hydrogens (tertiary/aromatic N) is 2. The van der Waals surface area contributed by atoms with Gasteiger partial charge in [0.1, 0.15) is 18.1 Å². The molecule has 1 N–H and O–H groups in total. The van der Waals surface area contributed by atoms with Gasteiger partial charge in [-0.05, 0) is 13.0 Å². The van der Waals surface area contributed by atoms with Crippen molar-refractivity contribution in [3.05, 3.63) is 47.3 Å². The summed E-state index contributed by atoms with van der Waals surface area (Å²) in [6, 6.07) is 9.66. The number of amides is 2. The molecule has 0 saturated carbocycles. The topological polar surface area (TPSA) is 76.8 Å². The number of nitrogens with one attached hydrogen (secondary N) is 1. The first-order valence-electron chi connectivity index (χ1n) is 8.95. The lowest BCUT2D eigenvalue weighted by Gasteiger charge is -2.25. The average Bonchev–Trinajstić information content (AvgIpc) is 3.17. The second-order valence-corrected chi connectivity index (χ2v) is 6.87. The van der Waals surface area contributed by atoms with Crippen LogP contribution in [0.4, 0.5) is 4.79 Å². The molecule has 2 aromatic rings. The molecule has 3 heterocycles. The van der Waals surface area contributed by atoms with Gasteiger partial charge in [0.15, 0.2) is 0 Å². The Hall–Kier alpha value is -2.54. The van der Waals surface area contributed by atoms with Crippen LogP contribution in [-0.2, 0) is 17.7 Å². The Morgan fingerprint density at radius 2 is 2.23 bits per heavy atom. The van der Waals surface area contributed by atoms with Crippen molar-refractivity contribution in [2.24, 2.45) is 5.92 Å². The standard InChI is InChI=1S/C19H23N3O4/c1-13-8-16(26-21-13)9-15-11-24-12-17(15)20-19(23)22-6-7-25-18-5-3-2-4-14(18)10-22/h2-5,8,15,17H,6-7,9-12H2,1H3,(H,20,23)/t15-,17+/m1/s1. The molecule has 0 unspecified atom stereocenters. The van der Waals surface area contributed by atoms with E-state index in [4.69, 9.17) is 14.0 Å². The van der Waals surface area contributed by atoms with Gasteiger partial charge in [-0.2, -0.15) is 0 Å². The van der Waals surface area contributed by atoms with Gasteiger partial charge in [0, 0.05) is 24.0 Å². The largest absolute Gasteiger partial charge is 0.491 e. The average molecular weight is 357 g/mol. The normalized spacial score (nSPS) is 22.4. The number of hydrogen-bond donors (Lipinski definition) is 1. The molecule has 1 fully saturated rings. The summed E-state index contributed by atoms with van der Waals surface area (Å²) in [4.78, 5) is 14.6. The molecule has 2 amide bonds. The van der Waals surface area contributed by atoms with Crippen molar-refractivity contribution in [3.63, 3.8) is 0 Å². The smallest absolute Gasteiger partial charge is 0.318 e. The van der Waals surface area contributed by atoms with E-state index < -0.39 is 0 Å². The lowest BCUT2D eigenvalue weighted by molar-refractivity contribution is 0.172. The predicted molar refractivity (Wildman–Crippen MR) is 93.9 cm³/mol. The van der Waals surface area contributed by atoms with E-state index in [0.29, 0.717) is 39.3 Å². The summed E-state index contributed by atoms with van der Waals surface area (Å²) in [5.41, 5.74) is 1.89. The number of hydrogen-bond acceptors (Lipinski definition) is 5. The number of rotatable bonds is 3. The number of ether oxygens (including phenoxy) is 2. The van der Waals surface area contributed by atoms with Crippen LogP contribution in [0, 0.1) is 12.8 Å². The van der Waals surface area contributed by atoms with Gasteiger partial charge in [0.05, 0.1) is 38.0 Å². The zero-order chi connectivity index (χ0) is 17.9. The third-order valence-electron chi connectivity index (χ3n) is 4.89. The van der Waals surface area contributed by atoms with Gasteiger partial charge in [-0.25, -0.2) is 4.79 Å². The summed E-state index contributed by atoms with van der Waals surface area (Å²) in [7, 11) is 0. The van der Waals surface area contributed by atoms with Crippen molar-refractivity contribution >= 4 is 6.03 Å². The van der Waals surface area contributed by atoms with Crippen molar-refractivity contribution < 1.29 is 18.8 Å². The van der Waals surface area contributed by atoms with Crippen LogP contribution in [-0.4, -0.2) is 48.5 Å². The van der Waals surface area contributed by atoms with Gasteiger partial charge in [-0.3, -0.25) is 0 Å². The van der Waals surface area contributed by atoms with Crippen LogP contribution in [0.5, 0.6) is 5.75 Å². The highest BCUT2D eigenvalue weighted by Gasteiger charge is 2.32. The molecule has 4 rings (SSSR count). The Morgan fingerprint density at radius 3 is 3.08 bits per heavy atom. The maximum Gasteiger partial charge on any atom is 0.318 e. The summed E-state index contributed by atoms with van der Waals surface area (Å²) < 4.78 is 16.6. The Balaban J connectivity index is 1.39. The second kappa shape index (κ2) is 7.37. The molecule has 2 atom stereocenters. The van der Waals surface area contributed by atoms with E-state index in [1.54, 1.807) is 4.90 Å². The fourth-order valence-electron chi connectivity index (χ4n) is 3.48. The van der Waals surface area contributed by atoms with Gasteiger partial charge in [-0.1, -0.05) is 23.4 Å². The van der Waals surface area contributed by atoms with Crippen LogP contribution in [0.1, 0.15) is 17.0 Å². The first kappa shape index (κ1) is 16.9. The SMILES string of the molecule is Cc1cc(C[C@@H]2COC[C@@H]2NC(=O)N2CCOc3ccccc3C2)on1. The molecule has 0 aliphatic carbocycles. The number of para-hydroxylation sites is 1. The second-order valence-electron chi connectivity index (χ2n) is 6.87. The highest BCUT2D eigenvalue weighted by molar-refractivity contribution is 5.75. The monoisotopic (exact) mass is 357 g/mol. The van der Waals surface area contributed by atoms with Gasteiger partial charge in [0.2, 0.25) is 0 Å². The minimum atomic E-state index is -0.0837. The predicted octanol–water partition coefficient (Wildman–Crippen LogP) is 2.14. The number of benzene rings is 1. The molecular weight excluding hydrogens is 334 g/mol. The van der Waals surface area contributed by atoms with Crippen LogP contribution in [0.3, 0.4) is 0 Å². The molecule has 7 nitrogen and oxygen atoms in total. The van der Waals surface area contributed by atoms with Crippen LogP contribution >= 0.6 is 0 Å². The third kappa shape index (κ3) is 3.67. The molecule has 7 heteroatoms. The van der Waals surface area contributed by atoms with Gasteiger partial charge >= 0.3 is 6.03 Å². The van der Waals surface area contributed by atoms with Crippen LogP contribution < -0.4 is 10.1 Å². The fraction of sp³-hybridized carbons (Fsp3) is 0.474. The Bertz CT molecular complexity index is 776. The Labute approximate surface area is 152 Å². The molecule has 2 aliphatic rings. The van der Waals surface area contributed by atoms with Crippen LogP contribution in [0.15, 0.2) is 34.9 Å². The molecule has 2 aliphatic heterocycles. The van der Waals surface area contributed by atoms with E-state index in [9.17, 15) is 4.79 Å². The minimum Gasteiger partial charge on any atom is -0.491 e. The number of urea groups is 1. The highest BCUT2D eigenvalue weighted by atomic mass is 16.5. The Morgan fingerprint density at radius 1 is 1.35 bits per heavy atom. The minimum absolute atomic E-state index is 0.0349. The van der Waals surface area contributed by atoms with Gasteiger partial charge < -0.3 is 24.2 Å². The van der Waals surface area contributed by atoms with Crippen molar-refractivity contribution in [2.45, 2.75) is 25.9 Å². The van der Waals surface area contributed by atoms with E-state index in [1.807, 2.05) is 37.3 Å². The zero-order valence-corrected chi connectivity index (χ0v) is 14.8. The van der Waals surface area contributed by atoms with Crippen molar-refractivity contribution in [2.75, 3.05) is 26.4 Å². The lowest BCUT2D eigenvalue weighted by Crippen LogP contribution is -2.48.